The lowest BCUT2D eigenvalue weighted by Crippen LogP contribution is -2.38. The van der Waals surface area contributed by atoms with E-state index in [0.29, 0.717) is 13.0 Å². The van der Waals surface area contributed by atoms with E-state index < -0.39 is 0 Å². The SMILES string of the molecule is CCC(CCO)NC(=O)Nc1cccc(COC(C)C)c1C. The maximum atomic E-state index is 12.1. The molecule has 3 N–H and O–H groups in total. The van der Waals surface area contributed by atoms with Gasteiger partial charge >= 0.3 is 6.03 Å². The van der Waals surface area contributed by atoms with Gasteiger partial charge in [-0.25, -0.2) is 4.79 Å². The summed E-state index contributed by atoms with van der Waals surface area (Å²) in [5.41, 5.74) is 2.85. The first kappa shape index (κ1) is 18.5. The highest BCUT2D eigenvalue weighted by Gasteiger charge is 2.12. The first-order valence-corrected chi connectivity index (χ1v) is 7.86. The molecule has 0 aliphatic carbocycles. The fourth-order valence-corrected chi connectivity index (χ4v) is 2.11. The quantitative estimate of drug-likeness (QED) is 0.690. The molecule has 0 bridgehead atoms. The third kappa shape index (κ3) is 6.03. The number of hydrogen-bond acceptors (Lipinski definition) is 3. The van der Waals surface area contributed by atoms with E-state index >= 15 is 0 Å². The summed E-state index contributed by atoms with van der Waals surface area (Å²) in [7, 11) is 0. The highest BCUT2D eigenvalue weighted by Crippen LogP contribution is 2.20. The van der Waals surface area contributed by atoms with Crippen LogP contribution in [-0.4, -0.2) is 29.9 Å². The van der Waals surface area contributed by atoms with Crippen LogP contribution in [0.5, 0.6) is 0 Å². The van der Waals surface area contributed by atoms with Crippen molar-refractivity contribution in [3.63, 3.8) is 0 Å². The van der Waals surface area contributed by atoms with Crippen LogP contribution >= 0.6 is 0 Å². The van der Waals surface area contributed by atoms with Gasteiger partial charge in [-0.05, 0) is 50.8 Å². The van der Waals surface area contributed by atoms with Crippen molar-refractivity contribution >= 4 is 11.7 Å². The smallest absolute Gasteiger partial charge is 0.319 e. The van der Waals surface area contributed by atoms with E-state index in [1.54, 1.807) is 0 Å². The Labute approximate surface area is 133 Å². The molecule has 2 amide bonds. The third-order valence-electron chi connectivity index (χ3n) is 3.57. The number of hydrogen-bond donors (Lipinski definition) is 3. The van der Waals surface area contributed by atoms with Crippen LogP contribution < -0.4 is 10.6 Å². The number of rotatable bonds is 8. The molecule has 0 fully saturated rings. The fraction of sp³-hybridized carbons (Fsp3) is 0.588. The monoisotopic (exact) mass is 308 g/mol. The number of amides is 2. The van der Waals surface area contributed by atoms with Gasteiger partial charge in [0.15, 0.2) is 0 Å². The van der Waals surface area contributed by atoms with Gasteiger partial charge in [-0.2, -0.15) is 0 Å². The summed E-state index contributed by atoms with van der Waals surface area (Å²) in [6.45, 7) is 8.55. The Hall–Kier alpha value is -1.59. The molecule has 1 aromatic carbocycles. The van der Waals surface area contributed by atoms with Crippen LogP contribution in [0.2, 0.25) is 0 Å². The maximum absolute atomic E-state index is 12.1. The zero-order valence-electron chi connectivity index (χ0n) is 14.0. The average molecular weight is 308 g/mol. The Kier molecular flexibility index (Phi) is 7.91. The second kappa shape index (κ2) is 9.43. The first-order valence-electron chi connectivity index (χ1n) is 7.86. The summed E-state index contributed by atoms with van der Waals surface area (Å²) in [4.78, 5) is 12.1. The second-order valence-corrected chi connectivity index (χ2v) is 5.67. The number of benzene rings is 1. The molecule has 0 saturated heterocycles. The maximum Gasteiger partial charge on any atom is 0.319 e. The van der Waals surface area contributed by atoms with Gasteiger partial charge in [-0.3, -0.25) is 0 Å². The number of aliphatic hydroxyl groups is 1. The number of ether oxygens (including phenoxy) is 1. The molecule has 5 heteroatoms. The number of aliphatic hydroxyl groups excluding tert-OH is 1. The van der Waals surface area contributed by atoms with Gasteiger partial charge < -0.3 is 20.5 Å². The molecule has 1 aromatic rings. The fourth-order valence-electron chi connectivity index (χ4n) is 2.11. The molecule has 1 rings (SSSR count). The van der Waals surface area contributed by atoms with Crippen molar-refractivity contribution in [2.24, 2.45) is 0 Å². The summed E-state index contributed by atoms with van der Waals surface area (Å²) < 4.78 is 5.63. The lowest BCUT2D eigenvalue weighted by atomic mass is 10.1. The topological polar surface area (TPSA) is 70.6 Å². The molecule has 0 saturated carbocycles. The Bertz CT molecular complexity index is 475. The van der Waals surface area contributed by atoms with Crippen molar-refractivity contribution in [1.82, 2.24) is 5.32 Å². The summed E-state index contributed by atoms with van der Waals surface area (Å²) in [5, 5.41) is 14.7. The predicted molar refractivity (Wildman–Crippen MR) is 89.0 cm³/mol. The van der Waals surface area contributed by atoms with Crippen molar-refractivity contribution in [1.29, 1.82) is 0 Å². The van der Waals surface area contributed by atoms with Crippen LogP contribution in [0.3, 0.4) is 0 Å². The van der Waals surface area contributed by atoms with Crippen LogP contribution in [0, 0.1) is 6.92 Å². The van der Waals surface area contributed by atoms with E-state index in [1.807, 2.05) is 45.9 Å². The van der Waals surface area contributed by atoms with Crippen LogP contribution in [-0.2, 0) is 11.3 Å². The highest BCUT2D eigenvalue weighted by molar-refractivity contribution is 5.90. The van der Waals surface area contributed by atoms with Gasteiger partial charge in [-0.1, -0.05) is 19.1 Å². The molecule has 0 aromatic heterocycles. The summed E-state index contributed by atoms with van der Waals surface area (Å²) in [5.74, 6) is 0. The van der Waals surface area contributed by atoms with Gasteiger partial charge in [0.25, 0.3) is 0 Å². The third-order valence-corrected chi connectivity index (χ3v) is 3.57. The minimum absolute atomic E-state index is 0.0160. The minimum Gasteiger partial charge on any atom is -0.396 e. The zero-order valence-corrected chi connectivity index (χ0v) is 14.0. The van der Waals surface area contributed by atoms with Crippen molar-refractivity contribution < 1.29 is 14.6 Å². The molecule has 0 aliphatic heterocycles. The molecule has 1 atom stereocenters. The van der Waals surface area contributed by atoms with Gasteiger partial charge in [0.1, 0.15) is 0 Å². The summed E-state index contributed by atoms with van der Waals surface area (Å²) >= 11 is 0. The van der Waals surface area contributed by atoms with E-state index in [1.165, 1.54) is 0 Å². The molecular formula is C17H28N2O3. The van der Waals surface area contributed by atoms with E-state index in [9.17, 15) is 4.79 Å². The summed E-state index contributed by atoms with van der Waals surface area (Å²) in [6, 6.07) is 5.53. The second-order valence-electron chi connectivity index (χ2n) is 5.67. The van der Waals surface area contributed by atoms with Crippen molar-refractivity contribution in [2.45, 2.75) is 59.3 Å². The largest absolute Gasteiger partial charge is 0.396 e. The number of carbonyl (C=O) groups is 1. The number of anilines is 1. The van der Waals surface area contributed by atoms with E-state index in [4.69, 9.17) is 9.84 Å². The highest BCUT2D eigenvalue weighted by atomic mass is 16.5. The number of nitrogens with one attached hydrogen (secondary N) is 2. The standard InChI is InChI=1S/C17H28N2O3/c1-5-15(9-10-20)18-17(21)19-16-8-6-7-14(13(16)4)11-22-12(2)3/h6-8,12,15,20H,5,9-11H2,1-4H3,(H2,18,19,21). The van der Waals surface area contributed by atoms with E-state index in [2.05, 4.69) is 10.6 Å². The van der Waals surface area contributed by atoms with E-state index in [0.717, 1.165) is 23.2 Å². The lowest BCUT2D eigenvalue weighted by Gasteiger charge is -2.18. The van der Waals surface area contributed by atoms with Gasteiger partial charge in [0.05, 0.1) is 12.7 Å². The first-order chi connectivity index (χ1) is 10.5. The minimum atomic E-state index is -0.245. The molecule has 1 unspecified atom stereocenters. The molecule has 0 heterocycles. The molecular weight excluding hydrogens is 280 g/mol. The van der Waals surface area contributed by atoms with Crippen LogP contribution in [0.15, 0.2) is 18.2 Å². The summed E-state index contributed by atoms with van der Waals surface area (Å²) in [6.07, 6.45) is 1.52. The van der Waals surface area contributed by atoms with Crippen LogP contribution in [0.25, 0.3) is 0 Å². The number of carbonyl (C=O) groups excluding carboxylic acids is 1. The van der Waals surface area contributed by atoms with Gasteiger partial charge in [0, 0.05) is 18.3 Å². The Balaban J connectivity index is 2.68. The van der Waals surface area contributed by atoms with Crippen molar-refractivity contribution in [2.75, 3.05) is 11.9 Å². The predicted octanol–water partition coefficient (Wildman–Crippen LogP) is 3.20. The normalized spacial score (nSPS) is 12.3. The molecule has 0 radical (unpaired) electrons. The molecule has 124 valence electrons. The zero-order chi connectivity index (χ0) is 16.5. The van der Waals surface area contributed by atoms with E-state index in [-0.39, 0.29) is 24.8 Å². The number of urea groups is 1. The van der Waals surface area contributed by atoms with Gasteiger partial charge in [0.2, 0.25) is 0 Å². The average Bonchev–Trinajstić information content (AvgIpc) is 2.47. The van der Waals surface area contributed by atoms with Crippen LogP contribution in [0.1, 0.15) is 44.7 Å². The van der Waals surface area contributed by atoms with Crippen LogP contribution in [0.4, 0.5) is 10.5 Å². The molecule has 22 heavy (non-hydrogen) atoms. The Morgan fingerprint density at radius 3 is 2.68 bits per heavy atom. The van der Waals surface area contributed by atoms with Crippen molar-refractivity contribution in [3.05, 3.63) is 29.3 Å². The van der Waals surface area contributed by atoms with Gasteiger partial charge in [-0.15, -0.1) is 0 Å². The molecule has 0 aliphatic rings. The lowest BCUT2D eigenvalue weighted by molar-refractivity contribution is 0.0654. The molecule has 5 nitrogen and oxygen atoms in total. The Morgan fingerprint density at radius 2 is 2.09 bits per heavy atom. The molecule has 0 spiro atoms. The van der Waals surface area contributed by atoms with Crippen molar-refractivity contribution in [3.8, 4) is 0 Å². The Morgan fingerprint density at radius 1 is 1.36 bits per heavy atom.